The predicted octanol–water partition coefficient (Wildman–Crippen LogP) is 1.85. The van der Waals surface area contributed by atoms with E-state index in [4.69, 9.17) is 30.4 Å². The molecule has 0 saturated carbocycles. The minimum atomic E-state index is -3.22. The molecule has 5 N–H and O–H groups in total. The van der Waals surface area contributed by atoms with Crippen LogP contribution in [-0.2, 0) is 41.1 Å². The highest BCUT2D eigenvalue weighted by Crippen LogP contribution is 2.45. The summed E-state index contributed by atoms with van der Waals surface area (Å²) >= 11 is 4.05. The number of hydrogen-bond acceptors (Lipinski definition) is 13. The molecule has 0 radical (unpaired) electrons. The van der Waals surface area contributed by atoms with Crippen molar-refractivity contribution in [3.63, 3.8) is 0 Å². The minimum Gasteiger partial charge on any atom is -0.361 e. The molecular weight excluding hydrogens is 519 g/mol. The lowest BCUT2D eigenvalue weighted by atomic mass is 10.2. The van der Waals surface area contributed by atoms with Gasteiger partial charge in [-0.1, -0.05) is 10.8 Å². The molecule has 1 rings (SSSR count). The summed E-state index contributed by atoms with van der Waals surface area (Å²) in [5.41, 5.74) is 10.5. The molecule has 0 aromatic heterocycles. The molecule has 1 fully saturated rings. The number of hydrogen-bond donors (Lipinski definition) is 4. The Morgan fingerprint density at radius 2 is 2.06 bits per heavy atom. The van der Waals surface area contributed by atoms with Crippen molar-refractivity contribution in [2.45, 2.75) is 37.2 Å². The van der Waals surface area contributed by atoms with Crippen LogP contribution in [0.3, 0.4) is 0 Å². The summed E-state index contributed by atoms with van der Waals surface area (Å²) in [5, 5.41) is 0. The third-order valence-electron chi connectivity index (χ3n) is 3.57. The summed E-state index contributed by atoms with van der Waals surface area (Å²) < 4.78 is 58.0. The van der Waals surface area contributed by atoms with Gasteiger partial charge in [0.1, 0.15) is 30.7 Å². The molecule has 1 saturated heterocycles. The number of primary amides is 1. The van der Waals surface area contributed by atoms with Crippen LogP contribution in [0.5, 0.6) is 0 Å². The molecule has 1 heterocycles. The van der Waals surface area contributed by atoms with E-state index in [0.717, 1.165) is 21.9 Å². The van der Waals surface area contributed by atoms with Crippen LogP contribution in [0.1, 0.15) is 13.3 Å². The quantitative estimate of drug-likeness (QED) is 0.0620. The maximum Gasteiger partial charge on any atom is 0.798 e. The third kappa shape index (κ3) is 10.3. The molecule has 19 heteroatoms. The maximum atomic E-state index is 11.8. The van der Waals surface area contributed by atoms with Crippen molar-refractivity contribution in [3.05, 3.63) is 11.8 Å². The van der Waals surface area contributed by atoms with Gasteiger partial charge in [0.05, 0.1) is 6.10 Å². The van der Waals surface area contributed by atoms with E-state index < -0.39 is 61.3 Å². The SMILES string of the molecule is C[C@@H](OC1C[C@H](N(/C=C(\C=O)CN)C(N)=O)O[C@@H]1CO[P+](=O)O[P+](=O)O[P+](=O)O)SS. The zero-order valence-corrected chi connectivity index (χ0v) is 20.3. The van der Waals surface area contributed by atoms with Gasteiger partial charge in [-0.25, -0.2) is 4.79 Å². The van der Waals surface area contributed by atoms with Gasteiger partial charge in [0.25, 0.3) is 0 Å². The number of thiol groups is 1. The normalized spacial score (nSPS) is 23.8. The molecule has 0 aromatic rings. The molecule has 0 bridgehead atoms. The third-order valence-corrected chi connectivity index (χ3v) is 7.38. The summed E-state index contributed by atoms with van der Waals surface area (Å²) in [6.45, 7) is 1.16. The van der Waals surface area contributed by atoms with Gasteiger partial charge >= 0.3 is 30.8 Å². The van der Waals surface area contributed by atoms with Crippen LogP contribution in [-0.4, -0.2) is 59.1 Å². The van der Waals surface area contributed by atoms with Gasteiger partial charge in [0.15, 0.2) is 8.62 Å². The van der Waals surface area contributed by atoms with Crippen molar-refractivity contribution in [2.24, 2.45) is 11.5 Å². The maximum absolute atomic E-state index is 11.8. The molecule has 14 nitrogen and oxygen atoms in total. The highest BCUT2D eigenvalue weighted by atomic mass is 33.1. The first-order chi connectivity index (χ1) is 14.6. The second-order valence-electron chi connectivity index (χ2n) is 5.63. The van der Waals surface area contributed by atoms with Gasteiger partial charge < -0.3 is 20.9 Å². The van der Waals surface area contributed by atoms with Crippen LogP contribution in [0.25, 0.3) is 0 Å². The largest absolute Gasteiger partial charge is 0.798 e. The van der Waals surface area contributed by atoms with Gasteiger partial charge in [-0.05, 0) is 6.92 Å². The Balaban J connectivity index is 2.88. The van der Waals surface area contributed by atoms with E-state index in [1.54, 1.807) is 6.92 Å². The predicted molar refractivity (Wildman–Crippen MR) is 112 cm³/mol. The highest BCUT2D eigenvalue weighted by molar-refractivity contribution is 8.68. The Hall–Kier alpha value is -0.600. The van der Waals surface area contributed by atoms with Crippen LogP contribution in [0.2, 0.25) is 0 Å². The Morgan fingerprint density at radius 3 is 2.58 bits per heavy atom. The van der Waals surface area contributed by atoms with Crippen LogP contribution >= 0.6 is 47.2 Å². The Bertz CT molecular complexity index is 731. The van der Waals surface area contributed by atoms with Gasteiger partial charge in [-0.2, -0.15) is 0 Å². The molecule has 0 aromatic carbocycles. The lowest BCUT2D eigenvalue weighted by molar-refractivity contribution is -0.105. The number of carbonyl (C=O) groups excluding carboxylic acids is 2. The number of carbonyl (C=O) groups is 2. The highest BCUT2D eigenvalue weighted by Gasteiger charge is 2.49. The number of nitrogens with two attached hydrogens (primary N) is 2. The second-order valence-corrected chi connectivity index (χ2v) is 10.1. The molecule has 0 spiro atoms. The van der Waals surface area contributed by atoms with Crippen molar-refractivity contribution in [2.75, 3.05) is 13.2 Å². The van der Waals surface area contributed by atoms with Crippen LogP contribution in [0.4, 0.5) is 4.79 Å². The molecule has 4 unspecified atom stereocenters. The van der Waals surface area contributed by atoms with Crippen LogP contribution < -0.4 is 11.5 Å². The average molecular weight is 540 g/mol. The zero-order chi connectivity index (χ0) is 23.6. The molecule has 174 valence electrons. The summed E-state index contributed by atoms with van der Waals surface area (Å²) in [6, 6.07) is -0.920. The first kappa shape index (κ1) is 28.4. The van der Waals surface area contributed by atoms with Crippen LogP contribution in [0.15, 0.2) is 11.8 Å². The van der Waals surface area contributed by atoms with Crippen molar-refractivity contribution in [1.29, 1.82) is 0 Å². The number of ether oxygens (including phenoxy) is 2. The van der Waals surface area contributed by atoms with E-state index in [2.05, 4.69) is 20.3 Å². The van der Waals surface area contributed by atoms with E-state index in [1.165, 1.54) is 0 Å². The molecule has 0 aliphatic carbocycles. The van der Waals surface area contributed by atoms with E-state index >= 15 is 0 Å². The van der Waals surface area contributed by atoms with Gasteiger partial charge in [-0.15, -0.1) is 21.1 Å². The fourth-order valence-corrected chi connectivity index (χ4v) is 4.40. The number of amides is 2. The molecule has 1 aliphatic heterocycles. The monoisotopic (exact) mass is 540 g/mol. The fourth-order valence-electron chi connectivity index (χ4n) is 2.32. The summed E-state index contributed by atoms with van der Waals surface area (Å²) in [6.07, 6.45) is -0.831. The fraction of sp³-hybridized carbons (Fsp3) is 0.667. The Morgan fingerprint density at radius 1 is 1.39 bits per heavy atom. The van der Waals surface area contributed by atoms with E-state index in [9.17, 15) is 23.3 Å². The number of aldehydes is 1. The molecule has 1 aliphatic rings. The standard InChI is InChI=1S/C12H18N3O11P3S2/c1-7(31-30)23-9-2-11(15(12(14)17)4-8(3-13)5-16)24-10(9)6-22-28(20)26-29(21)25-27(18)19/h4-5,7,9-11H,2-3,6,13H2,1H3,(H-3,14,17,18,19,30)/p+3/b8-4-/t7-,9?,10+,11+/m0/s1. The van der Waals surface area contributed by atoms with Crippen molar-refractivity contribution < 1.29 is 50.8 Å². The minimum absolute atomic E-state index is 0.0846. The lowest BCUT2D eigenvalue weighted by Gasteiger charge is -2.23. The van der Waals surface area contributed by atoms with Gasteiger partial charge in [-0.3, -0.25) is 9.69 Å². The topological polar surface area (TPSA) is 207 Å². The number of nitrogens with zero attached hydrogens (tertiary/aromatic N) is 1. The smallest absolute Gasteiger partial charge is 0.361 e. The van der Waals surface area contributed by atoms with Crippen molar-refractivity contribution in [3.8, 4) is 0 Å². The molecule has 2 amide bonds. The summed E-state index contributed by atoms with van der Waals surface area (Å²) in [5.74, 6) is 0. The lowest BCUT2D eigenvalue weighted by Crippen LogP contribution is -2.40. The van der Waals surface area contributed by atoms with Crippen molar-refractivity contribution in [1.82, 2.24) is 4.90 Å². The summed E-state index contributed by atoms with van der Waals surface area (Å²) in [4.78, 5) is 32.3. The molecule has 7 atom stereocenters. The van der Waals surface area contributed by atoms with Crippen LogP contribution in [0, 0.1) is 0 Å². The Kier molecular flexibility index (Phi) is 13.3. The van der Waals surface area contributed by atoms with Crippen molar-refractivity contribution >= 4 is 59.5 Å². The van der Waals surface area contributed by atoms with Gasteiger partial charge in [0, 0.05) is 38.4 Å². The first-order valence-electron chi connectivity index (χ1n) is 8.25. The number of urea groups is 1. The van der Waals surface area contributed by atoms with Gasteiger partial charge in [0.2, 0.25) is 0 Å². The van der Waals surface area contributed by atoms with E-state index in [0.29, 0.717) is 6.29 Å². The zero-order valence-electron chi connectivity index (χ0n) is 15.9. The van der Waals surface area contributed by atoms with E-state index in [-0.39, 0.29) is 18.5 Å². The average Bonchev–Trinajstić information content (AvgIpc) is 3.08. The molecular formula is C12H21N3O11P3S2+3. The van der Waals surface area contributed by atoms with E-state index in [1.807, 2.05) is 0 Å². The molecule has 31 heavy (non-hydrogen) atoms. The second kappa shape index (κ2) is 14.5. The number of rotatable bonds is 14. The summed E-state index contributed by atoms with van der Waals surface area (Å²) in [7, 11) is -8.29. The Labute approximate surface area is 188 Å². The first-order valence-corrected chi connectivity index (χ1v) is 13.5.